The number of hydrogen-bond acceptors (Lipinski definition) is 2. The number of benzene rings is 2. The summed E-state index contributed by atoms with van der Waals surface area (Å²) in [5.41, 5.74) is 1.51. The lowest BCUT2D eigenvalue weighted by atomic mass is 10.1. The van der Waals surface area contributed by atoms with Crippen LogP contribution in [0.15, 0.2) is 42.5 Å². The third kappa shape index (κ3) is 3.10. The molecule has 0 saturated heterocycles. The van der Waals surface area contributed by atoms with Gasteiger partial charge in [-0.25, -0.2) is 4.39 Å². The van der Waals surface area contributed by atoms with Crippen LogP contribution in [0.5, 0.6) is 5.75 Å². The van der Waals surface area contributed by atoms with Crippen molar-refractivity contribution in [3.8, 4) is 5.75 Å². The second-order valence-corrected chi connectivity index (χ2v) is 4.17. The fraction of sp³-hybridized carbons (Fsp3) is 0.133. The average molecular weight is 259 g/mol. The van der Waals surface area contributed by atoms with Crippen molar-refractivity contribution in [3.05, 3.63) is 59.4 Å². The summed E-state index contributed by atoms with van der Waals surface area (Å²) in [4.78, 5) is 12.0. The van der Waals surface area contributed by atoms with Crippen molar-refractivity contribution >= 4 is 11.6 Å². The lowest BCUT2D eigenvalue weighted by molar-refractivity contribution is 0.102. The Hall–Kier alpha value is -2.36. The van der Waals surface area contributed by atoms with Crippen LogP contribution in [-0.4, -0.2) is 13.0 Å². The van der Waals surface area contributed by atoms with Gasteiger partial charge in [-0.2, -0.15) is 0 Å². The Morgan fingerprint density at radius 1 is 1.16 bits per heavy atom. The molecule has 19 heavy (non-hydrogen) atoms. The van der Waals surface area contributed by atoms with E-state index in [1.54, 1.807) is 43.5 Å². The highest BCUT2D eigenvalue weighted by Crippen LogP contribution is 2.17. The number of carbonyl (C=O) groups is 1. The zero-order chi connectivity index (χ0) is 13.8. The maximum atomic E-state index is 13.5. The molecule has 2 aromatic carbocycles. The summed E-state index contributed by atoms with van der Waals surface area (Å²) in [5.74, 6) is -0.141. The molecule has 2 aromatic rings. The molecule has 2 rings (SSSR count). The lowest BCUT2D eigenvalue weighted by Crippen LogP contribution is -2.13. The quantitative estimate of drug-likeness (QED) is 0.917. The van der Waals surface area contributed by atoms with E-state index in [9.17, 15) is 9.18 Å². The van der Waals surface area contributed by atoms with Crippen LogP contribution >= 0.6 is 0 Å². The van der Waals surface area contributed by atoms with Crippen LogP contribution in [0.4, 0.5) is 10.1 Å². The fourth-order valence-corrected chi connectivity index (χ4v) is 1.67. The molecule has 0 unspecified atom stereocenters. The Bertz CT molecular complexity index is 594. The number of ether oxygens (including phenoxy) is 1. The summed E-state index contributed by atoms with van der Waals surface area (Å²) in [5, 5.41) is 2.55. The molecule has 0 radical (unpaired) electrons. The third-order valence-corrected chi connectivity index (χ3v) is 2.72. The minimum Gasteiger partial charge on any atom is -0.497 e. The van der Waals surface area contributed by atoms with Crippen molar-refractivity contribution in [2.45, 2.75) is 6.92 Å². The number of methoxy groups -OCH3 is 1. The number of carbonyl (C=O) groups excluding carboxylic acids is 1. The van der Waals surface area contributed by atoms with E-state index in [4.69, 9.17) is 4.74 Å². The van der Waals surface area contributed by atoms with Gasteiger partial charge >= 0.3 is 0 Å². The maximum absolute atomic E-state index is 13.5. The number of rotatable bonds is 3. The Labute approximate surface area is 111 Å². The van der Waals surface area contributed by atoms with E-state index in [0.29, 0.717) is 11.3 Å². The SMILES string of the molecule is COc1ccc(C(=O)Nc2cc(C)ccc2F)cc1. The van der Waals surface area contributed by atoms with Gasteiger partial charge in [-0.05, 0) is 48.9 Å². The molecule has 0 atom stereocenters. The highest BCUT2D eigenvalue weighted by Gasteiger charge is 2.09. The molecule has 0 saturated carbocycles. The monoisotopic (exact) mass is 259 g/mol. The average Bonchev–Trinajstić information content (AvgIpc) is 2.43. The van der Waals surface area contributed by atoms with Gasteiger partial charge in [0.2, 0.25) is 0 Å². The van der Waals surface area contributed by atoms with Crippen LogP contribution < -0.4 is 10.1 Å². The minimum atomic E-state index is -0.451. The largest absolute Gasteiger partial charge is 0.497 e. The first-order valence-corrected chi connectivity index (χ1v) is 5.81. The molecule has 0 aliphatic carbocycles. The smallest absolute Gasteiger partial charge is 0.255 e. The van der Waals surface area contributed by atoms with Gasteiger partial charge in [0, 0.05) is 5.56 Å². The number of halogens is 1. The van der Waals surface area contributed by atoms with Gasteiger partial charge in [-0.1, -0.05) is 6.07 Å². The van der Waals surface area contributed by atoms with Crippen molar-refractivity contribution in [3.63, 3.8) is 0 Å². The number of nitrogens with one attached hydrogen (secondary N) is 1. The van der Waals surface area contributed by atoms with Crippen molar-refractivity contribution < 1.29 is 13.9 Å². The fourth-order valence-electron chi connectivity index (χ4n) is 1.67. The minimum absolute atomic E-state index is 0.181. The number of hydrogen-bond donors (Lipinski definition) is 1. The van der Waals surface area contributed by atoms with Crippen molar-refractivity contribution in [1.29, 1.82) is 0 Å². The summed E-state index contributed by atoms with van der Waals surface area (Å²) in [6.07, 6.45) is 0. The predicted molar refractivity (Wildman–Crippen MR) is 72.1 cm³/mol. The molecule has 0 aromatic heterocycles. The topological polar surface area (TPSA) is 38.3 Å². The molecule has 4 heteroatoms. The number of amides is 1. The van der Waals surface area contributed by atoms with E-state index in [1.165, 1.54) is 6.07 Å². The van der Waals surface area contributed by atoms with Crippen LogP contribution in [0.3, 0.4) is 0 Å². The summed E-state index contributed by atoms with van der Waals surface area (Å²) in [6.45, 7) is 1.84. The van der Waals surface area contributed by atoms with E-state index in [2.05, 4.69) is 5.32 Å². The van der Waals surface area contributed by atoms with Gasteiger partial charge < -0.3 is 10.1 Å². The first-order chi connectivity index (χ1) is 9.10. The molecule has 0 heterocycles. The highest BCUT2D eigenvalue weighted by atomic mass is 19.1. The zero-order valence-electron chi connectivity index (χ0n) is 10.7. The Kier molecular flexibility index (Phi) is 3.80. The summed E-state index contributed by atoms with van der Waals surface area (Å²) >= 11 is 0. The van der Waals surface area contributed by atoms with Gasteiger partial charge in [-0.15, -0.1) is 0 Å². The number of anilines is 1. The first-order valence-electron chi connectivity index (χ1n) is 5.81. The molecule has 0 fully saturated rings. The Balaban J connectivity index is 2.18. The van der Waals surface area contributed by atoms with Crippen LogP contribution in [-0.2, 0) is 0 Å². The standard InChI is InChI=1S/C15H14FNO2/c1-10-3-8-13(16)14(9-10)17-15(18)11-4-6-12(19-2)7-5-11/h3-9H,1-2H3,(H,17,18). The molecule has 98 valence electrons. The molecule has 1 amide bonds. The second-order valence-electron chi connectivity index (χ2n) is 4.17. The van der Waals surface area contributed by atoms with E-state index in [-0.39, 0.29) is 11.6 Å². The van der Waals surface area contributed by atoms with E-state index < -0.39 is 5.82 Å². The van der Waals surface area contributed by atoms with Crippen LogP contribution in [0, 0.1) is 12.7 Å². The van der Waals surface area contributed by atoms with Crippen LogP contribution in [0.25, 0.3) is 0 Å². The number of aryl methyl sites for hydroxylation is 1. The molecule has 0 aliphatic rings. The van der Waals surface area contributed by atoms with Gasteiger partial charge in [0.1, 0.15) is 11.6 Å². The zero-order valence-corrected chi connectivity index (χ0v) is 10.7. The van der Waals surface area contributed by atoms with Crippen molar-refractivity contribution in [1.82, 2.24) is 0 Å². The molecule has 1 N–H and O–H groups in total. The molecule has 0 bridgehead atoms. The summed E-state index contributed by atoms with van der Waals surface area (Å²) in [7, 11) is 1.55. The molecule has 0 aliphatic heterocycles. The molecule has 3 nitrogen and oxygen atoms in total. The summed E-state index contributed by atoms with van der Waals surface area (Å²) < 4.78 is 18.5. The van der Waals surface area contributed by atoms with Gasteiger partial charge in [0.05, 0.1) is 12.8 Å². The van der Waals surface area contributed by atoms with Gasteiger partial charge in [0.15, 0.2) is 0 Å². The van der Waals surface area contributed by atoms with Crippen molar-refractivity contribution in [2.24, 2.45) is 0 Å². The summed E-state index contributed by atoms with van der Waals surface area (Å²) in [6, 6.07) is 11.2. The van der Waals surface area contributed by atoms with E-state index >= 15 is 0 Å². The van der Waals surface area contributed by atoms with E-state index in [1.807, 2.05) is 6.92 Å². The molecule has 0 spiro atoms. The Morgan fingerprint density at radius 3 is 2.47 bits per heavy atom. The highest BCUT2D eigenvalue weighted by molar-refractivity contribution is 6.04. The van der Waals surface area contributed by atoms with E-state index in [0.717, 1.165) is 5.56 Å². The molecular weight excluding hydrogens is 245 g/mol. The second kappa shape index (κ2) is 5.52. The first kappa shape index (κ1) is 13.1. The Morgan fingerprint density at radius 2 is 1.84 bits per heavy atom. The molecular formula is C15H14FNO2. The van der Waals surface area contributed by atoms with Crippen LogP contribution in [0.1, 0.15) is 15.9 Å². The van der Waals surface area contributed by atoms with Crippen LogP contribution in [0.2, 0.25) is 0 Å². The van der Waals surface area contributed by atoms with Gasteiger partial charge in [-0.3, -0.25) is 4.79 Å². The lowest BCUT2D eigenvalue weighted by Gasteiger charge is -2.08. The van der Waals surface area contributed by atoms with Crippen molar-refractivity contribution in [2.75, 3.05) is 12.4 Å². The maximum Gasteiger partial charge on any atom is 0.255 e. The van der Waals surface area contributed by atoms with Gasteiger partial charge in [0.25, 0.3) is 5.91 Å². The normalized spacial score (nSPS) is 10.1. The third-order valence-electron chi connectivity index (χ3n) is 2.72. The predicted octanol–water partition coefficient (Wildman–Crippen LogP) is 3.40.